The highest BCUT2D eigenvalue weighted by atomic mass is 32.2. The molecule has 0 saturated carbocycles. The number of thiophene rings is 1. The van der Waals surface area contributed by atoms with Gasteiger partial charge in [0.15, 0.2) is 0 Å². The minimum atomic E-state index is -3.40. The molecule has 1 atom stereocenters. The summed E-state index contributed by atoms with van der Waals surface area (Å²) in [5.41, 5.74) is 0.815. The fraction of sp³-hybridized carbons (Fsp3) is 0.429. The zero-order chi connectivity index (χ0) is 16.4. The number of amides is 1. The Hall–Kier alpha value is -1.71. The van der Waals surface area contributed by atoms with Crippen molar-refractivity contribution < 1.29 is 13.2 Å². The molecule has 23 heavy (non-hydrogen) atoms. The lowest BCUT2D eigenvalue weighted by atomic mass is 10.1. The maximum absolute atomic E-state index is 12.5. The lowest BCUT2D eigenvalue weighted by molar-refractivity contribution is -0.119. The van der Waals surface area contributed by atoms with Crippen LogP contribution in [0.25, 0.3) is 0 Å². The maximum atomic E-state index is 12.5. The number of nitrogens with zero attached hydrogens (tertiary/aromatic N) is 2. The van der Waals surface area contributed by atoms with E-state index >= 15 is 0 Å². The minimum absolute atomic E-state index is 0.0517. The van der Waals surface area contributed by atoms with Crippen molar-refractivity contribution in [3.8, 4) is 0 Å². The van der Waals surface area contributed by atoms with Crippen LogP contribution < -0.4 is 5.32 Å². The molecule has 0 aromatic carbocycles. The normalized spacial score (nSPS) is 19.1. The predicted molar refractivity (Wildman–Crippen MR) is 86.5 cm³/mol. The molecule has 2 aromatic heterocycles. The quantitative estimate of drug-likeness (QED) is 0.846. The van der Waals surface area contributed by atoms with Crippen LogP contribution in [0.3, 0.4) is 0 Å². The van der Waals surface area contributed by atoms with E-state index in [-0.39, 0.29) is 11.8 Å². The second kappa shape index (κ2) is 6.42. The smallest absolute Gasteiger partial charge is 0.252 e. The molecule has 0 radical (unpaired) electrons. The largest absolute Gasteiger partial charge is 0.351 e. The number of aromatic amines is 1. The molecule has 1 saturated heterocycles. The Morgan fingerprint density at radius 2 is 2.39 bits per heavy atom. The zero-order valence-corrected chi connectivity index (χ0v) is 14.3. The first kappa shape index (κ1) is 16.2. The van der Waals surface area contributed by atoms with E-state index in [2.05, 4.69) is 15.3 Å². The lowest BCUT2D eigenvalue weighted by Gasteiger charge is -2.14. The van der Waals surface area contributed by atoms with Gasteiger partial charge in [-0.2, -0.15) is 4.31 Å². The Balaban J connectivity index is 1.67. The molecular weight excluding hydrogens is 336 g/mol. The van der Waals surface area contributed by atoms with Gasteiger partial charge < -0.3 is 10.3 Å². The van der Waals surface area contributed by atoms with Crippen LogP contribution in [-0.2, 0) is 21.4 Å². The summed E-state index contributed by atoms with van der Waals surface area (Å²) in [5, 5.41) is 4.47. The van der Waals surface area contributed by atoms with Crippen LogP contribution in [0.4, 0.5) is 0 Å². The first-order valence-corrected chi connectivity index (χ1v) is 9.60. The summed E-state index contributed by atoms with van der Waals surface area (Å²) >= 11 is 1.23. The van der Waals surface area contributed by atoms with Crippen LogP contribution >= 0.6 is 11.3 Å². The summed E-state index contributed by atoms with van der Waals surface area (Å²) in [4.78, 5) is 18.4. The van der Waals surface area contributed by atoms with E-state index in [0.29, 0.717) is 23.8 Å². The Morgan fingerprint density at radius 3 is 3.09 bits per heavy atom. The number of aromatic nitrogens is 2. The van der Waals surface area contributed by atoms with Crippen molar-refractivity contribution in [2.45, 2.75) is 30.0 Å². The highest BCUT2D eigenvalue weighted by Crippen LogP contribution is 2.31. The van der Waals surface area contributed by atoms with Crippen molar-refractivity contribution in [1.29, 1.82) is 0 Å². The van der Waals surface area contributed by atoms with E-state index in [1.165, 1.54) is 22.6 Å². The summed E-state index contributed by atoms with van der Waals surface area (Å²) in [6, 6.07) is 3.37. The lowest BCUT2D eigenvalue weighted by Crippen LogP contribution is -2.28. The van der Waals surface area contributed by atoms with Crippen LogP contribution in [0.15, 0.2) is 27.9 Å². The van der Waals surface area contributed by atoms with Gasteiger partial charge in [-0.05, 0) is 17.9 Å². The fourth-order valence-electron chi connectivity index (χ4n) is 2.60. The molecule has 0 spiro atoms. The van der Waals surface area contributed by atoms with Gasteiger partial charge in [0.05, 0.1) is 18.4 Å². The van der Waals surface area contributed by atoms with Gasteiger partial charge in [-0.1, -0.05) is 6.07 Å². The van der Waals surface area contributed by atoms with Gasteiger partial charge in [-0.25, -0.2) is 13.4 Å². The SMILES string of the molecule is CC(=O)NCc1cnc([C@@H]2CCN(S(=O)(=O)c3cccs3)C2)[nH]1. The predicted octanol–water partition coefficient (Wildman–Crippen LogP) is 1.29. The van der Waals surface area contributed by atoms with E-state index in [9.17, 15) is 13.2 Å². The van der Waals surface area contributed by atoms with Gasteiger partial charge in [-0.3, -0.25) is 4.79 Å². The van der Waals surface area contributed by atoms with E-state index in [1.807, 2.05) is 0 Å². The molecule has 0 bridgehead atoms. The standard InChI is InChI=1S/C14H18N4O3S2/c1-10(19)15-7-12-8-16-14(17-12)11-4-5-18(9-11)23(20,21)13-3-2-6-22-13/h2-3,6,8,11H,4-5,7,9H2,1H3,(H,15,19)(H,16,17)/t11-/m1/s1. The number of hydrogen-bond donors (Lipinski definition) is 2. The van der Waals surface area contributed by atoms with Crippen LogP contribution in [-0.4, -0.2) is 41.7 Å². The molecule has 1 aliphatic rings. The molecule has 9 heteroatoms. The summed E-state index contributed by atoms with van der Waals surface area (Å²) in [6.45, 7) is 2.77. The third-order valence-corrected chi connectivity index (χ3v) is 7.04. The highest BCUT2D eigenvalue weighted by Gasteiger charge is 2.34. The molecule has 2 aromatic rings. The van der Waals surface area contributed by atoms with Gasteiger partial charge in [-0.15, -0.1) is 11.3 Å². The fourth-order valence-corrected chi connectivity index (χ4v) is 5.25. The van der Waals surface area contributed by atoms with Crippen LogP contribution in [0.2, 0.25) is 0 Å². The van der Waals surface area contributed by atoms with Gasteiger partial charge >= 0.3 is 0 Å². The van der Waals surface area contributed by atoms with Crippen molar-refractivity contribution in [3.63, 3.8) is 0 Å². The molecule has 1 aliphatic heterocycles. The summed E-state index contributed by atoms with van der Waals surface area (Å²) in [6.07, 6.45) is 2.42. The highest BCUT2D eigenvalue weighted by molar-refractivity contribution is 7.91. The molecular formula is C14H18N4O3S2. The minimum Gasteiger partial charge on any atom is -0.351 e. The summed E-state index contributed by atoms with van der Waals surface area (Å²) in [7, 11) is -3.40. The number of carbonyl (C=O) groups is 1. The molecule has 3 heterocycles. The Morgan fingerprint density at radius 1 is 1.57 bits per heavy atom. The maximum Gasteiger partial charge on any atom is 0.252 e. The first-order chi connectivity index (χ1) is 11.0. The first-order valence-electron chi connectivity index (χ1n) is 7.28. The third kappa shape index (κ3) is 3.46. The van der Waals surface area contributed by atoms with Gasteiger partial charge in [0.2, 0.25) is 5.91 Å². The Bertz CT molecular complexity index is 783. The van der Waals surface area contributed by atoms with E-state index in [0.717, 1.165) is 17.9 Å². The van der Waals surface area contributed by atoms with Gasteiger partial charge in [0, 0.05) is 25.9 Å². The van der Waals surface area contributed by atoms with Crippen molar-refractivity contribution in [3.05, 3.63) is 35.2 Å². The third-order valence-electron chi connectivity index (χ3n) is 3.80. The number of hydrogen-bond acceptors (Lipinski definition) is 5. The number of rotatable bonds is 5. The molecule has 3 rings (SSSR count). The zero-order valence-electron chi connectivity index (χ0n) is 12.7. The number of imidazole rings is 1. The molecule has 2 N–H and O–H groups in total. The van der Waals surface area contributed by atoms with Crippen molar-refractivity contribution >= 4 is 27.3 Å². The Kier molecular flexibility index (Phi) is 4.51. The van der Waals surface area contributed by atoms with Gasteiger partial charge in [0.1, 0.15) is 10.0 Å². The number of sulfonamides is 1. The average Bonchev–Trinajstić information content (AvgIpc) is 3.23. The second-order valence-electron chi connectivity index (χ2n) is 5.48. The number of nitrogens with one attached hydrogen (secondary N) is 2. The van der Waals surface area contributed by atoms with Crippen molar-refractivity contribution in [2.75, 3.05) is 13.1 Å². The molecule has 1 amide bonds. The topological polar surface area (TPSA) is 95.2 Å². The molecule has 124 valence electrons. The van der Waals surface area contributed by atoms with E-state index < -0.39 is 10.0 Å². The van der Waals surface area contributed by atoms with Crippen LogP contribution in [0, 0.1) is 0 Å². The molecule has 1 fully saturated rings. The average molecular weight is 354 g/mol. The van der Waals surface area contributed by atoms with Crippen molar-refractivity contribution in [2.24, 2.45) is 0 Å². The second-order valence-corrected chi connectivity index (χ2v) is 8.60. The number of carbonyl (C=O) groups excluding carboxylic acids is 1. The Labute approximate surface area is 138 Å². The number of H-pyrrole nitrogens is 1. The summed E-state index contributed by atoms with van der Waals surface area (Å²) < 4.78 is 26.9. The molecule has 0 aliphatic carbocycles. The van der Waals surface area contributed by atoms with E-state index in [1.54, 1.807) is 23.7 Å². The monoisotopic (exact) mass is 354 g/mol. The van der Waals surface area contributed by atoms with Gasteiger partial charge in [0.25, 0.3) is 10.0 Å². The van der Waals surface area contributed by atoms with Crippen LogP contribution in [0.1, 0.15) is 30.8 Å². The molecule has 0 unspecified atom stereocenters. The molecule has 7 nitrogen and oxygen atoms in total. The van der Waals surface area contributed by atoms with Crippen molar-refractivity contribution in [1.82, 2.24) is 19.6 Å². The van der Waals surface area contributed by atoms with Crippen LogP contribution in [0.5, 0.6) is 0 Å². The summed E-state index contributed by atoms with van der Waals surface area (Å²) in [5.74, 6) is 0.722. The van der Waals surface area contributed by atoms with E-state index in [4.69, 9.17) is 0 Å².